The maximum Gasteiger partial charge on any atom is 0.245 e. The van der Waals surface area contributed by atoms with Crippen LogP contribution in [0.1, 0.15) is 36.5 Å². The highest BCUT2D eigenvalue weighted by atomic mass is 16.5. The minimum absolute atomic E-state index is 0.100. The van der Waals surface area contributed by atoms with Crippen LogP contribution in [0.15, 0.2) is 48.5 Å². The molecule has 0 radical (unpaired) electrons. The molecule has 31 heavy (non-hydrogen) atoms. The summed E-state index contributed by atoms with van der Waals surface area (Å²) in [6.07, 6.45) is 0. The molecule has 0 saturated carbocycles. The van der Waals surface area contributed by atoms with Crippen molar-refractivity contribution in [1.29, 1.82) is 0 Å². The minimum atomic E-state index is -0.629. The lowest BCUT2D eigenvalue weighted by Gasteiger charge is -2.33. The first kappa shape index (κ1) is 22.8. The number of carbonyl (C=O) groups is 2. The lowest BCUT2D eigenvalue weighted by Crippen LogP contribution is -2.54. The van der Waals surface area contributed by atoms with Crippen LogP contribution in [-0.4, -0.2) is 60.9 Å². The summed E-state index contributed by atoms with van der Waals surface area (Å²) in [5, 5.41) is 2.92. The van der Waals surface area contributed by atoms with Crippen LogP contribution in [0.25, 0.3) is 0 Å². The fourth-order valence-electron chi connectivity index (χ4n) is 3.85. The molecule has 6 nitrogen and oxygen atoms in total. The van der Waals surface area contributed by atoms with Crippen LogP contribution in [0.2, 0.25) is 0 Å². The molecular weight excluding hydrogens is 390 g/mol. The number of likely N-dealkylation sites (N-methyl/N-ethyl adjacent to an activating group) is 1. The first-order valence-corrected chi connectivity index (χ1v) is 10.8. The van der Waals surface area contributed by atoms with E-state index >= 15 is 0 Å². The van der Waals surface area contributed by atoms with Crippen molar-refractivity contribution in [3.05, 3.63) is 65.2 Å². The summed E-state index contributed by atoms with van der Waals surface area (Å²) >= 11 is 0. The smallest absolute Gasteiger partial charge is 0.245 e. The average Bonchev–Trinajstić information content (AvgIpc) is 2.92. The molecule has 1 aliphatic rings. The van der Waals surface area contributed by atoms with E-state index in [0.717, 1.165) is 22.4 Å². The van der Waals surface area contributed by atoms with Crippen LogP contribution in [0.3, 0.4) is 0 Å². The largest absolute Gasteiger partial charge is 0.491 e. The number of amides is 2. The highest BCUT2D eigenvalue weighted by Crippen LogP contribution is 2.25. The summed E-state index contributed by atoms with van der Waals surface area (Å²) in [4.78, 5) is 30.2. The van der Waals surface area contributed by atoms with Crippen LogP contribution in [-0.2, 0) is 16.1 Å². The van der Waals surface area contributed by atoms with Crippen LogP contribution in [0, 0.1) is 6.92 Å². The maximum absolute atomic E-state index is 13.4. The third-order valence-corrected chi connectivity index (χ3v) is 5.74. The van der Waals surface area contributed by atoms with E-state index in [0.29, 0.717) is 19.7 Å². The van der Waals surface area contributed by atoms with E-state index in [1.807, 2.05) is 86.3 Å². The monoisotopic (exact) mass is 423 g/mol. The second-order valence-corrected chi connectivity index (χ2v) is 8.66. The molecule has 0 aromatic heterocycles. The lowest BCUT2D eigenvalue weighted by molar-refractivity contribution is -0.139. The number of benzene rings is 2. The molecule has 3 atom stereocenters. The molecule has 0 fully saturated rings. The fraction of sp³-hybridized carbons (Fsp3) is 0.440. The number of carbonyl (C=O) groups excluding carboxylic acids is 2. The Balaban J connectivity index is 1.74. The van der Waals surface area contributed by atoms with Gasteiger partial charge in [-0.3, -0.25) is 9.59 Å². The predicted molar refractivity (Wildman–Crippen MR) is 122 cm³/mol. The Morgan fingerprint density at radius 1 is 1.13 bits per heavy atom. The molecular formula is C25H33N3O3. The van der Waals surface area contributed by atoms with Crippen molar-refractivity contribution in [2.24, 2.45) is 0 Å². The Morgan fingerprint density at radius 3 is 2.48 bits per heavy atom. The average molecular weight is 424 g/mol. The van der Waals surface area contributed by atoms with Crippen molar-refractivity contribution in [3.8, 4) is 5.75 Å². The summed E-state index contributed by atoms with van der Waals surface area (Å²) < 4.78 is 6.00. The normalized spacial score (nSPS) is 17.9. The van der Waals surface area contributed by atoms with Gasteiger partial charge in [-0.25, -0.2) is 0 Å². The second-order valence-electron chi connectivity index (χ2n) is 8.66. The van der Waals surface area contributed by atoms with E-state index in [9.17, 15) is 9.59 Å². The quantitative estimate of drug-likeness (QED) is 0.776. The number of fused-ring (bicyclic) bond motifs is 1. The van der Waals surface area contributed by atoms with Gasteiger partial charge in [-0.15, -0.1) is 0 Å². The van der Waals surface area contributed by atoms with Crippen molar-refractivity contribution in [3.63, 3.8) is 0 Å². The standard InChI is InChI=1S/C25H33N3O3/c1-17-10-12-20(13-11-17)18(2)24(29)26-19(3)25(30)28-14-21-8-6-7-9-23(21)31-16-22(28)15-27(4)5/h6-13,18-19,22H,14-16H2,1-5H3,(H,26,29). The number of rotatable bonds is 6. The first-order valence-electron chi connectivity index (χ1n) is 10.8. The fourth-order valence-corrected chi connectivity index (χ4v) is 3.85. The van der Waals surface area contributed by atoms with Crippen molar-refractivity contribution in [2.45, 2.75) is 45.3 Å². The van der Waals surface area contributed by atoms with E-state index in [1.54, 1.807) is 6.92 Å². The molecule has 3 rings (SSSR count). The summed E-state index contributed by atoms with van der Waals surface area (Å²) in [6.45, 7) is 7.19. The van der Waals surface area contributed by atoms with Gasteiger partial charge in [-0.2, -0.15) is 0 Å². The third-order valence-electron chi connectivity index (χ3n) is 5.74. The number of nitrogens with zero attached hydrogens (tertiary/aromatic N) is 2. The van der Waals surface area contributed by atoms with E-state index in [1.165, 1.54) is 0 Å². The topological polar surface area (TPSA) is 61.9 Å². The van der Waals surface area contributed by atoms with E-state index in [4.69, 9.17) is 4.74 Å². The molecule has 6 heteroatoms. The molecule has 3 unspecified atom stereocenters. The molecule has 1 N–H and O–H groups in total. The zero-order valence-corrected chi connectivity index (χ0v) is 19.1. The van der Waals surface area contributed by atoms with Crippen molar-refractivity contribution < 1.29 is 14.3 Å². The zero-order valence-electron chi connectivity index (χ0n) is 19.1. The number of ether oxygens (including phenoxy) is 1. The van der Waals surface area contributed by atoms with Gasteiger partial charge in [0.05, 0.1) is 12.0 Å². The molecule has 0 bridgehead atoms. The Kier molecular flexibility index (Phi) is 7.33. The summed E-state index contributed by atoms with van der Waals surface area (Å²) in [5.74, 6) is 0.227. The van der Waals surface area contributed by atoms with Crippen molar-refractivity contribution in [2.75, 3.05) is 27.2 Å². The minimum Gasteiger partial charge on any atom is -0.491 e. The maximum atomic E-state index is 13.4. The first-order chi connectivity index (χ1) is 14.8. The van der Waals surface area contributed by atoms with Gasteiger partial charge in [-0.05, 0) is 46.5 Å². The van der Waals surface area contributed by atoms with Gasteiger partial charge in [0.1, 0.15) is 18.4 Å². The summed E-state index contributed by atoms with van der Waals surface area (Å²) in [7, 11) is 3.96. The van der Waals surface area contributed by atoms with Gasteiger partial charge in [0.15, 0.2) is 0 Å². The SMILES string of the molecule is Cc1ccc(C(C)C(=O)NC(C)C(=O)N2Cc3ccccc3OCC2CN(C)C)cc1. The number of para-hydroxylation sites is 1. The number of hydrogen-bond donors (Lipinski definition) is 1. The van der Waals surface area contributed by atoms with Gasteiger partial charge >= 0.3 is 0 Å². The Hall–Kier alpha value is -2.86. The predicted octanol–water partition coefficient (Wildman–Crippen LogP) is 2.95. The Labute approximate surface area is 185 Å². The van der Waals surface area contributed by atoms with Gasteiger partial charge < -0.3 is 19.9 Å². The highest BCUT2D eigenvalue weighted by Gasteiger charge is 2.32. The van der Waals surface area contributed by atoms with E-state index in [-0.39, 0.29) is 23.8 Å². The van der Waals surface area contributed by atoms with Gasteiger partial charge in [0.25, 0.3) is 0 Å². The van der Waals surface area contributed by atoms with E-state index in [2.05, 4.69) is 5.32 Å². The van der Waals surface area contributed by atoms with Crippen LogP contribution in [0.5, 0.6) is 5.75 Å². The molecule has 2 aromatic carbocycles. The third kappa shape index (κ3) is 5.64. The molecule has 0 aliphatic carbocycles. The van der Waals surface area contributed by atoms with Crippen LogP contribution in [0.4, 0.5) is 0 Å². The lowest BCUT2D eigenvalue weighted by atomic mass is 9.99. The second kappa shape index (κ2) is 9.96. The van der Waals surface area contributed by atoms with E-state index < -0.39 is 6.04 Å². The molecule has 1 heterocycles. The highest BCUT2D eigenvalue weighted by molar-refractivity contribution is 5.90. The number of aryl methyl sites for hydroxylation is 1. The summed E-state index contributed by atoms with van der Waals surface area (Å²) in [6, 6.07) is 15.0. The summed E-state index contributed by atoms with van der Waals surface area (Å²) in [5.41, 5.74) is 3.06. The number of hydrogen-bond acceptors (Lipinski definition) is 4. The molecule has 2 aromatic rings. The molecule has 0 saturated heterocycles. The van der Waals surface area contributed by atoms with Crippen molar-refractivity contribution in [1.82, 2.24) is 15.1 Å². The molecule has 2 amide bonds. The van der Waals surface area contributed by atoms with Crippen LogP contribution < -0.4 is 10.1 Å². The molecule has 0 spiro atoms. The zero-order chi connectivity index (χ0) is 22.5. The number of nitrogens with one attached hydrogen (secondary N) is 1. The van der Waals surface area contributed by atoms with Gasteiger partial charge in [-0.1, -0.05) is 48.0 Å². The van der Waals surface area contributed by atoms with Gasteiger partial charge in [0.2, 0.25) is 11.8 Å². The Bertz CT molecular complexity index is 910. The molecule has 166 valence electrons. The van der Waals surface area contributed by atoms with Crippen LogP contribution >= 0.6 is 0 Å². The van der Waals surface area contributed by atoms with Crippen molar-refractivity contribution >= 4 is 11.8 Å². The molecule has 1 aliphatic heterocycles. The van der Waals surface area contributed by atoms with Gasteiger partial charge in [0, 0.05) is 18.7 Å². The Morgan fingerprint density at radius 2 is 1.81 bits per heavy atom.